The molecule has 0 saturated carbocycles. The molecule has 3 aliphatic rings. The van der Waals surface area contributed by atoms with Crippen molar-refractivity contribution >= 4 is 36.4 Å². The molecule has 3 heterocycles. The molecule has 0 spiro atoms. The molecule has 2 saturated heterocycles. The molecule has 11 nitrogen and oxygen atoms in total. The molecule has 1 aromatic rings. The molecule has 3 unspecified atom stereocenters. The van der Waals surface area contributed by atoms with E-state index in [4.69, 9.17) is 4.74 Å². The fraction of sp³-hybridized carbons (Fsp3) is 0.400. The molecule has 0 aromatic heterocycles. The maximum absolute atomic E-state index is 12.9. The molecule has 170 valence electrons. The SMILES string of the molecule is CC=C(N1N=CNN1)C1(C(=O)O)CN2C(=O)C(NC=O)[C@H]2SC1Cc1ccc(OC)cc1. The summed E-state index contributed by atoms with van der Waals surface area (Å²) in [7, 11) is 1.58. The van der Waals surface area contributed by atoms with Crippen LogP contribution in [0.15, 0.2) is 41.1 Å². The highest BCUT2D eigenvalue weighted by molar-refractivity contribution is 8.00. The van der Waals surface area contributed by atoms with Crippen LogP contribution in [-0.2, 0) is 20.8 Å². The molecule has 1 aromatic carbocycles. The van der Waals surface area contributed by atoms with E-state index >= 15 is 0 Å². The van der Waals surface area contributed by atoms with Gasteiger partial charge in [0.1, 0.15) is 28.9 Å². The Labute approximate surface area is 188 Å². The van der Waals surface area contributed by atoms with Crippen LogP contribution in [0.4, 0.5) is 0 Å². The highest BCUT2D eigenvalue weighted by Crippen LogP contribution is 2.52. The summed E-state index contributed by atoms with van der Waals surface area (Å²) >= 11 is 1.38. The van der Waals surface area contributed by atoms with E-state index in [1.54, 1.807) is 20.1 Å². The average Bonchev–Trinajstić information content (AvgIpc) is 3.33. The zero-order valence-electron chi connectivity index (χ0n) is 17.5. The highest BCUT2D eigenvalue weighted by Gasteiger charge is 2.63. The smallest absolute Gasteiger partial charge is 0.318 e. The normalized spacial score (nSPS) is 29.1. The van der Waals surface area contributed by atoms with Crippen LogP contribution in [0.1, 0.15) is 12.5 Å². The van der Waals surface area contributed by atoms with E-state index in [9.17, 15) is 19.5 Å². The Hall–Kier alpha value is -3.25. The Bertz CT molecular complexity index is 970. The van der Waals surface area contributed by atoms with Crippen LogP contribution in [0.5, 0.6) is 5.75 Å². The van der Waals surface area contributed by atoms with Crippen molar-refractivity contribution < 1.29 is 24.2 Å². The number of ether oxygens (including phenoxy) is 1. The number of thioether (sulfide) groups is 1. The van der Waals surface area contributed by atoms with Gasteiger partial charge in [-0.25, -0.2) is 0 Å². The number of rotatable bonds is 8. The quantitative estimate of drug-likeness (QED) is 0.309. The monoisotopic (exact) mass is 460 g/mol. The van der Waals surface area contributed by atoms with Crippen molar-refractivity contribution in [3.8, 4) is 5.75 Å². The number of nitrogens with one attached hydrogen (secondary N) is 3. The molecular formula is C20H24N6O5S. The lowest BCUT2D eigenvalue weighted by Crippen LogP contribution is -2.75. The molecule has 0 radical (unpaired) electrons. The lowest BCUT2D eigenvalue weighted by atomic mass is 9.76. The van der Waals surface area contributed by atoms with Crippen molar-refractivity contribution in [3.63, 3.8) is 0 Å². The topological polar surface area (TPSA) is 136 Å². The van der Waals surface area contributed by atoms with Crippen molar-refractivity contribution in [3.05, 3.63) is 41.6 Å². The van der Waals surface area contributed by atoms with Gasteiger partial charge < -0.3 is 20.1 Å². The van der Waals surface area contributed by atoms with Gasteiger partial charge in [0.2, 0.25) is 12.3 Å². The Balaban J connectivity index is 1.74. The van der Waals surface area contributed by atoms with Crippen LogP contribution < -0.4 is 21.0 Å². The van der Waals surface area contributed by atoms with Gasteiger partial charge in [-0.1, -0.05) is 18.2 Å². The zero-order chi connectivity index (χ0) is 22.9. The Morgan fingerprint density at radius 2 is 2.19 bits per heavy atom. The number of carboxylic acids is 1. The van der Waals surface area contributed by atoms with Crippen LogP contribution in [0.2, 0.25) is 0 Å². The molecule has 4 N–H and O–H groups in total. The zero-order valence-corrected chi connectivity index (χ0v) is 18.3. The van der Waals surface area contributed by atoms with Gasteiger partial charge in [-0.15, -0.1) is 22.4 Å². The lowest BCUT2D eigenvalue weighted by Gasteiger charge is -2.57. The summed E-state index contributed by atoms with van der Waals surface area (Å²) in [6, 6.07) is 6.78. The Kier molecular flexibility index (Phi) is 5.98. The molecule has 2 fully saturated rings. The molecule has 0 bridgehead atoms. The van der Waals surface area contributed by atoms with E-state index in [1.165, 1.54) is 28.1 Å². The number of fused-ring (bicyclic) bond motifs is 1. The maximum atomic E-state index is 12.9. The number of hydrogen-bond donors (Lipinski definition) is 4. The molecule has 0 aliphatic carbocycles. The molecule has 12 heteroatoms. The summed E-state index contributed by atoms with van der Waals surface area (Å²) in [6.45, 7) is 1.70. The van der Waals surface area contributed by atoms with E-state index < -0.39 is 22.7 Å². The second-order valence-corrected chi connectivity index (χ2v) is 8.88. The number of methoxy groups -OCH3 is 1. The Morgan fingerprint density at radius 3 is 2.75 bits per heavy atom. The summed E-state index contributed by atoms with van der Waals surface area (Å²) in [5.41, 5.74) is 5.43. The van der Waals surface area contributed by atoms with Gasteiger partial charge in [0.25, 0.3) is 0 Å². The number of benzene rings is 1. The third-order valence-electron chi connectivity index (χ3n) is 5.99. The van der Waals surface area contributed by atoms with Crippen LogP contribution in [-0.4, -0.2) is 70.1 Å². The first-order chi connectivity index (χ1) is 15.5. The van der Waals surface area contributed by atoms with Gasteiger partial charge in [0.05, 0.1) is 12.8 Å². The number of carbonyl (C=O) groups is 3. The van der Waals surface area contributed by atoms with Crippen LogP contribution in [0.25, 0.3) is 0 Å². The fourth-order valence-corrected chi connectivity index (χ4v) is 6.21. The summed E-state index contributed by atoms with van der Waals surface area (Å²) < 4.78 is 5.22. The summed E-state index contributed by atoms with van der Waals surface area (Å²) in [5, 5.41) is 17.9. The average molecular weight is 461 g/mol. The number of aliphatic carboxylic acids is 1. The number of hydrazone groups is 1. The van der Waals surface area contributed by atoms with Gasteiger partial charge in [-0.2, -0.15) is 5.12 Å². The van der Waals surface area contributed by atoms with Crippen LogP contribution in [0.3, 0.4) is 0 Å². The van der Waals surface area contributed by atoms with Crippen molar-refractivity contribution in [2.24, 2.45) is 10.5 Å². The molecule has 32 heavy (non-hydrogen) atoms. The summed E-state index contributed by atoms with van der Waals surface area (Å²) in [5.74, 6) is -0.649. The number of nitrogens with zero attached hydrogens (tertiary/aromatic N) is 3. The molecule has 4 rings (SSSR count). The maximum Gasteiger partial charge on any atom is 0.318 e. The number of hydrazine groups is 2. The van der Waals surface area contributed by atoms with E-state index in [0.717, 1.165) is 5.56 Å². The Morgan fingerprint density at radius 1 is 1.44 bits per heavy atom. The van der Waals surface area contributed by atoms with Crippen molar-refractivity contribution in [1.29, 1.82) is 0 Å². The largest absolute Gasteiger partial charge is 0.497 e. The first kappa shape index (κ1) is 22.0. The third-order valence-corrected chi connectivity index (χ3v) is 7.69. The highest BCUT2D eigenvalue weighted by atomic mass is 32.2. The second kappa shape index (κ2) is 8.71. The molecule has 4 atom stereocenters. The standard InChI is InChI=1S/C20H24N6O5S/c1-3-14(26-23-10-22-24-26)20(19(29)30)9-25-17(28)16(21-11-27)18(25)32-15(20)8-12-4-6-13(31-2)7-5-12/h3-7,10-11,15-16,18,24H,8-9H2,1-2H3,(H,21,27)(H,22,23)(H,29,30)/t15?,16?,18-,20?/m1/s1. The first-order valence-electron chi connectivity index (χ1n) is 9.98. The predicted octanol–water partition coefficient (Wildman–Crippen LogP) is -0.121. The van der Waals surface area contributed by atoms with Gasteiger partial charge in [0.15, 0.2) is 0 Å². The minimum atomic E-state index is -1.45. The van der Waals surface area contributed by atoms with Gasteiger partial charge in [-0.3, -0.25) is 19.8 Å². The van der Waals surface area contributed by atoms with Crippen LogP contribution >= 0.6 is 11.8 Å². The number of carbonyl (C=O) groups excluding carboxylic acids is 2. The minimum Gasteiger partial charge on any atom is -0.497 e. The predicted molar refractivity (Wildman–Crippen MR) is 117 cm³/mol. The van der Waals surface area contributed by atoms with E-state index in [2.05, 4.69) is 21.4 Å². The summed E-state index contributed by atoms with van der Waals surface area (Å²) in [6.07, 6.45) is 4.04. The second-order valence-electron chi connectivity index (χ2n) is 7.56. The minimum absolute atomic E-state index is 0.0376. The van der Waals surface area contributed by atoms with Crippen molar-refractivity contribution in [2.45, 2.75) is 30.0 Å². The lowest BCUT2D eigenvalue weighted by molar-refractivity contribution is -0.159. The number of carboxylic acid groups (broad SMARTS) is 1. The number of β-lactam (4-membered cyclic amide) rings is 1. The third kappa shape index (κ3) is 3.45. The van der Waals surface area contributed by atoms with E-state index in [1.807, 2.05) is 24.3 Å². The molecule has 3 aliphatic heterocycles. The molecular weight excluding hydrogens is 436 g/mol. The van der Waals surface area contributed by atoms with E-state index in [0.29, 0.717) is 24.3 Å². The van der Waals surface area contributed by atoms with E-state index in [-0.39, 0.29) is 17.8 Å². The van der Waals surface area contributed by atoms with Gasteiger partial charge >= 0.3 is 5.97 Å². The first-order valence-corrected chi connectivity index (χ1v) is 10.9. The van der Waals surface area contributed by atoms with Gasteiger partial charge in [0, 0.05) is 11.8 Å². The fourth-order valence-electron chi connectivity index (χ4n) is 4.38. The number of allylic oxidation sites excluding steroid dienone is 1. The van der Waals surface area contributed by atoms with Crippen molar-refractivity contribution in [2.75, 3.05) is 13.7 Å². The molecule has 2 amide bonds. The number of hydrogen-bond acceptors (Lipinski definition) is 9. The van der Waals surface area contributed by atoms with Gasteiger partial charge in [-0.05, 0) is 31.0 Å². The summed E-state index contributed by atoms with van der Waals surface area (Å²) in [4.78, 5) is 38.1. The van der Waals surface area contributed by atoms with Crippen molar-refractivity contribution in [1.82, 2.24) is 26.3 Å². The number of amides is 2. The van der Waals surface area contributed by atoms with Crippen LogP contribution in [0, 0.1) is 5.41 Å².